The molecule has 0 unspecified atom stereocenters. The molecule has 0 bridgehead atoms. The van der Waals surface area contributed by atoms with Crippen molar-refractivity contribution in [3.05, 3.63) is 48.5 Å². The molecule has 6 heteroatoms. The van der Waals surface area contributed by atoms with Crippen molar-refractivity contribution in [2.45, 2.75) is 4.90 Å². The van der Waals surface area contributed by atoms with E-state index in [-0.39, 0.29) is 4.90 Å². The van der Waals surface area contributed by atoms with Crippen LogP contribution in [0.4, 0.5) is 0 Å². The molecule has 3 aromatic rings. The Kier molecular flexibility index (Phi) is 2.62. The summed E-state index contributed by atoms with van der Waals surface area (Å²) >= 11 is 0. The van der Waals surface area contributed by atoms with Gasteiger partial charge in [-0.15, -0.1) is 0 Å². The van der Waals surface area contributed by atoms with Crippen molar-refractivity contribution in [3.8, 4) is 11.3 Å². The summed E-state index contributed by atoms with van der Waals surface area (Å²) in [6.45, 7) is 0. The van der Waals surface area contributed by atoms with Gasteiger partial charge in [-0.25, -0.2) is 13.6 Å². The molecule has 0 amide bonds. The Morgan fingerprint density at radius 2 is 1.79 bits per heavy atom. The van der Waals surface area contributed by atoms with E-state index in [1.165, 1.54) is 12.1 Å². The summed E-state index contributed by atoms with van der Waals surface area (Å²) in [5.41, 5.74) is 1.42. The van der Waals surface area contributed by atoms with E-state index in [1.54, 1.807) is 6.07 Å². The zero-order valence-corrected chi connectivity index (χ0v) is 10.6. The number of primary sulfonamides is 1. The van der Waals surface area contributed by atoms with E-state index in [4.69, 9.17) is 9.66 Å². The smallest absolute Gasteiger partial charge is 0.238 e. The number of fused-ring (bicyclic) bond motifs is 1. The lowest BCUT2D eigenvalue weighted by molar-refractivity contribution is 0.441. The lowest BCUT2D eigenvalue weighted by atomic mass is 10.1. The second-order valence-corrected chi connectivity index (χ2v) is 5.66. The Balaban J connectivity index is 2.28. The molecule has 0 aliphatic carbocycles. The van der Waals surface area contributed by atoms with Crippen molar-refractivity contribution >= 4 is 20.9 Å². The van der Waals surface area contributed by atoms with E-state index >= 15 is 0 Å². The van der Waals surface area contributed by atoms with Gasteiger partial charge in [-0.05, 0) is 18.2 Å². The first-order valence-electron chi connectivity index (χ1n) is 5.53. The van der Waals surface area contributed by atoms with Gasteiger partial charge in [0.15, 0.2) is 5.76 Å². The summed E-state index contributed by atoms with van der Waals surface area (Å²) in [6.07, 6.45) is 0. The summed E-state index contributed by atoms with van der Waals surface area (Å²) in [6, 6.07) is 13.8. The quantitative estimate of drug-likeness (QED) is 0.775. The van der Waals surface area contributed by atoms with Gasteiger partial charge in [0.2, 0.25) is 10.0 Å². The van der Waals surface area contributed by atoms with Crippen LogP contribution in [0.5, 0.6) is 0 Å². The van der Waals surface area contributed by atoms with Crippen molar-refractivity contribution < 1.29 is 12.9 Å². The monoisotopic (exact) mass is 274 g/mol. The summed E-state index contributed by atoms with van der Waals surface area (Å²) in [4.78, 5) is 0.0420. The molecule has 2 aromatic carbocycles. The SMILES string of the molecule is NS(=O)(=O)c1ccc2noc(-c3ccccc3)c2c1. The molecule has 3 rings (SSSR count). The first-order valence-corrected chi connectivity index (χ1v) is 7.08. The lowest BCUT2D eigenvalue weighted by Crippen LogP contribution is -2.11. The Morgan fingerprint density at radius 1 is 1.05 bits per heavy atom. The van der Waals surface area contributed by atoms with Gasteiger partial charge >= 0.3 is 0 Å². The summed E-state index contributed by atoms with van der Waals surface area (Å²) in [7, 11) is -3.74. The maximum absolute atomic E-state index is 11.4. The molecule has 0 saturated heterocycles. The average Bonchev–Trinajstić information content (AvgIpc) is 2.81. The van der Waals surface area contributed by atoms with E-state index in [0.717, 1.165) is 5.56 Å². The molecule has 0 fully saturated rings. The van der Waals surface area contributed by atoms with Crippen LogP contribution in [0, 0.1) is 0 Å². The molecule has 0 radical (unpaired) electrons. The minimum absolute atomic E-state index is 0.0420. The molecule has 0 saturated carbocycles. The van der Waals surface area contributed by atoms with E-state index in [2.05, 4.69) is 5.16 Å². The second-order valence-electron chi connectivity index (χ2n) is 4.10. The molecule has 5 nitrogen and oxygen atoms in total. The maximum Gasteiger partial charge on any atom is 0.238 e. The number of hydrogen-bond acceptors (Lipinski definition) is 4. The Hall–Kier alpha value is -2.18. The van der Waals surface area contributed by atoms with Crippen LogP contribution in [0.3, 0.4) is 0 Å². The van der Waals surface area contributed by atoms with Crippen LogP contribution >= 0.6 is 0 Å². The molecule has 0 atom stereocenters. The van der Waals surface area contributed by atoms with Crippen molar-refractivity contribution in [1.29, 1.82) is 0 Å². The van der Waals surface area contributed by atoms with Crippen LogP contribution in [0.2, 0.25) is 0 Å². The van der Waals surface area contributed by atoms with Gasteiger partial charge in [0.25, 0.3) is 0 Å². The first kappa shape index (κ1) is 11.9. The fourth-order valence-electron chi connectivity index (χ4n) is 1.90. The van der Waals surface area contributed by atoms with Gasteiger partial charge in [0.1, 0.15) is 5.52 Å². The number of benzene rings is 2. The van der Waals surface area contributed by atoms with E-state index in [9.17, 15) is 8.42 Å². The van der Waals surface area contributed by atoms with Gasteiger partial charge in [0.05, 0.1) is 10.3 Å². The average molecular weight is 274 g/mol. The minimum atomic E-state index is -3.74. The standard InChI is InChI=1S/C13H10N2O3S/c14-19(16,17)10-6-7-12-11(8-10)13(18-15-12)9-4-2-1-3-5-9/h1-8H,(H2,14,16,17). The highest BCUT2D eigenvalue weighted by Gasteiger charge is 2.14. The topological polar surface area (TPSA) is 86.2 Å². The number of hydrogen-bond donors (Lipinski definition) is 1. The number of aromatic nitrogens is 1. The highest BCUT2D eigenvalue weighted by atomic mass is 32.2. The van der Waals surface area contributed by atoms with Gasteiger partial charge < -0.3 is 4.52 Å². The summed E-state index contributed by atoms with van der Waals surface area (Å²) in [5, 5.41) is 9.66. The first-order chi connectivity index (χ1) is 9.05. The lowest BCUT2D eigenvalue weighted by Gasteiger charge is -1.99. The van der Waals surface area contributed by atoms with Crippen LogP contribution in [0.1, 0.15) is 0 Å². The predicted molar refractivity (Wildman–Crippen MR) is 70.8 cm³/mol. The molecule has 96 valence electrons. The summed E-state index contributed by atoms with van der Waals surface area (Å²) < 4.78 is 28.0. The molecule has 2 N–H and O–H groups in total. The second kappa shape index (κ2) is 4.18. The fraction of sp³-hybridized carbons (Fsp3) is 0. The van der Waals surface area contributed by atoms with Crippen molar-refractivity contribution in [2.24, 2.45) is 5.14 Å². The third-order valence-corrected chi connectivity index (χ3v) is 3.72. The highest BCUT2D eigenvalue weighted by Crippen LogP contribution is 2.29. The largest absolute Gasteiger partial charge is 0.355 e. The van der Waals surface area contributed by atoms with Crippen molar-refractivity contribution in [2.75, 3.05) is 0 Å². The molecule has 1 heterocycles. The van der Waals surface area contributed by atoms with E-state index in [0.29, 0.717) is 16.7 Å². The number of rotatable bonds is 2. The molecule has 0 aliphatic rings. The Morgan fingerprint density at radius 3 is 2.47 bits per heavy atom. The molecule has 19 heavy (non-hydrogen) atoms. The van der Waals surface area contributed by atoms with Crippen molar-refractivity contribution in [3.63, 3.8) is 0 Å². The van der Waals surface area contributed by atoms with E-state index < -0.39 is 10.0 Å². The predicted octanol–water partition coefficient (Wildman–Crippen LogP) is 2.14. The van der Waals surface area contributed by atoms with Crippen LogP contribution < -0.4 is 5.14 Å². The molecular weight excluding hydrogens is 264 g/mol. The fourth-order valence-corrected chi connectivity index (χ4v) is 2.44. The van der Waals surface area contributed by atoms with Crippen LogP contribution in [-0.4, -0.2) is 13.6 Å². The van der Waals surface area contributed by atoms with Gasteiger partial charge in [-0.2, -0.15) is 0 Å². The molecule has 1 aromatic heterocycles. The Bertz CT molecular complexity index is 839. The Labute approximate surface area is 109 Å². The van der Waals surface area contributed by atoms with Crippen LogP contribution in [-0.2, 0) is 10.0 Å². The third kappa shape index (κ3) is 2.11. The molecule has 0 aliphatic heterocycles. The van der Waals surface area contributed by atoms with Crippen LogP contribution in [0.15, 0.2) is 57.9 Å². The highest BCUT2D eigenvalue weighted by molar-refractivity contribution is 7.89. The zero-order chi connectivity index (χ0) is 13.5. The molecular formula is C13H10N2O3S. The number of sulfonamides is 1. The van der Waals surface area contributed by atoms with Crippen molar-refractivity contribution in [1.82, 2.24) is 5.16 Å². The normalized spacial score (nSPS) is 11.8. The minimum Gasteiger partial charge on any atom is -0.355 e. The summed E-state index contributed by atoms with van der Waals surface area (Å²) in [5.74, 6) is 0.529. The van der Waals surface area contributed by atoms with E-state index in [1.807, 2.05) is 30.3 Å². The zero-order valence-electron chi connectivity index (χ0n) is 9.78. The maximum atomic E-state index is 11.4. The number of nitrogens with two attached hydrogens (primary N) is 1. The van der Waals surface area contributed by atoms with Gasteiger partial charge in [-0.3, -0.25) is 0 Å². The van der Waals surface area contributed by atoms with Gasteiger partial charge in [0, 0.05) is 5.56 Å². The van der Waals surface area contributed by atoms with Crippen LogP contribution in [0.25, 0.3) is 22.2 Å². The number of nitrogens with zero attached hydrogens (tertiary/aromatic N) is 1. The molecule has 0 spiro atoms. The third-order valence-electron chi connectivity index (χ3n) is 2.81. The van der Waals surface area contributed by atoms with Gasteiger partial charge in [-0.1, -0.05) is 35.5 Å².